The number of anilines is 1. The normalized spacial score (nSPS) is 11.3. The number of phenols is 1. The summed E-state index contributed by atoms with van der Waals surface area (Å²) in [6.07, 6.45) is 0. The van der Waals surface area contributed by atoms with Crippen LogP contribution in [0.5, 0.6) is 5.75 Å². The lowest BCUT2D eigenvalue weighted by molar-refractivity contribution is 0.475. The highest BCUT2D eigenvalue weighted by Crippen LogP contribution is 2.19. The van der Waals surface area contributed by atoms with Gasteiger partial charge >= 0.3 is 0 Å². The van der Waals surface area contributed by atoms with E-state index in [4.69, 9.17) is 0 Å². The standard InChI is InChI=1S/C15H19NOSi/c1-12-8-7-11-14(15(12)17)18(2,3)16-13-9-5-4-6-10-13/h4-11,16-17H,1-3H3. The van der Waals surface area contributed by atoms with Crippen molar-refractivity contribution in [2.45, 2.75) is 20.0 Å². The van der Waals surface area contributed by atoms with Crippen molar-refractivity contribution < 1.29 is 5.11 Å². The Bertz CT molecular complexity index is 537. The molecule has 0 amide bonds. The van der Waals surface area contributed by atoms with Gasteiger partial charge in [-0.05, 0) is 37.7 Å². The quantitative estimate of drug-likeness (QED) is 0.827. The van der Waals surface area contributed by atoms with Crippen LogP contribution >= 0.6 is 0 Å². The van der Waals surface area contributed by atoms with E-state index in [9.17, 15) is 5.11 Å². The summed E-state index contributed by atoms with van der Waals surface area (Å²) in [5, 5.41) is 11.3. The summed E-state index contributed by atoms with van der Waals surface area (Å²) in [6, 6.07) is 16.1. The molecule has 0 fully saturated rings. The van der Waals surface area contributed by atoms with Gasteiger partial charge in [0.05, 0.1) is 0 Å². The summed E-state index contributed by atoms with van der Waals surface area (Å²) in [4.78, 5) is 3.58. The van der Waals surface area contributed by atoms with Crippen LogP contribution in [0, 0.1) is 6.92 Å². The second-order valence-corrected chi connectivity index (χ2v) is 9.13. The topological polar surface area (TPSA) is 32.3 Å². The molecule has 3 heteroatoms. The smallest absolute Gasteiger partial charge is 0.183 e. The van der Waals surface area contributed by atoms with Crippen molar-refractivity contribution in [2.75, 3.05) is 4.98 Å². The number of rotatable bonds is 3. The molecule has 94 valence electrons. The van der Waals surface area contributed by atoms with E-state index < -0.39 is 8.24 Å². The van der Waals surface area contributed by atoms with Crippen LogP contribution < -0.4 is 10.2 Å². The lowest BCUT2D eigenvalue weighted by atomic mass is 10.2. The Morgan fingerprint density at radius 2 is 1.61 bits per heavy atom. The van der Waals surface area contributed by atoms with Gasteiger partial charge in [-0.1, -0.05) is 36.4 Å². The maximum Gasteiger partial charge on any atom is 0.183 e. The van der Waals surface area contributed by atoms with Crippen molar-refractivity contribution in [1.29, 1.82) is 0 Å². The summed E-state index contributed by atoms with van der Waals surface area (Å²) < 4.78 is 0. The molecule has 0 aliphatic carbocycles. The summed E-state index contributed by atoms with van der Waals surface area (Å²) in [5.41, 5.74) is 2.04. The largest absolute Gasteiger partial charge is 0.508 e. The van der Waals surface area contributed by atoms with Gasteiger partial charge in [0.1, 0.15) is 5.75 Å². The highest BCUT2D eigenvalue weighted by Gasteiger charge is 2.27. The number of hydrogen-bond donors (Lipinski definition) is 2. The van der Waals surface area contributed by atoms with Gasteiger partial charge in [-0.15, -0.1) is 0 Å². The average molecular weight is 257 g/mol. The first kappa shape index (κ1) is 12.7. The lowest BCUT2D eigenvalue weighted by Gasteiger charge is -2.26. The second-order valence-electron chi connectivity index (χ2n) is 5.09. The van der Waals surface area contributed by atoms with Crippen molar-refractivity contribution in [1.82, 2.24) is 0 Å². The van der Waals surface area contributed by atoms with Gasteiger partial charge in [0.2, 0.25) is 0 Å². The van der Waals surface area contributed by atoms with Crippen LogP contribution in [0.3, 0.4) is 0 Å². The molecular weight excluding hydrogens is 238 g/mol. The molecule has 0 saturated heterocycles. The molecule has 0 saturated carbocycles. The van der Waals surface area contributed by atoms with Gasteiger partial charge in [0.25, 0.3) is 0 Å². The molecular formula is C15H19NOSi. The molecule has 2 rings (SSSR count). The molecule has 0 unspecified atom stereocenters. The molecule has 18 heavy (non-hydrogen) atoms. The third-order valence-electron chi connectivity index (χ3n) is 3.14. The fourth-order valence-corrected chi connectivity index (χ4v) is 4.44. The number of para-hydroxylation sites is 2. The summed E-state index contributed by atoms with van der Waals surface area (Å²) in [6.45, 7) is 6.34. The average Bonchev–Trinajstić information content (AvgIpc) is 2.33. The lowest BCUT2D eigenvalue weighted by Crippen LogP contribution is -2.49. The van der Waals surface area contributed by atoms with Crippen LogP contribution in [-0.2, 0) is 0 Å². The minimum atomic E-state index is -1.90. The summed E-state index contributed by atoms with van der Waals surface area (Å²) >= 11 is 0. The summed E-state index contributed by atoms with van der Waals surface area (Å²) in [7, 11) is -1.90. The first-order chi connectivity index (χ1) is 8.50. The van der Waals surface area contributed by atoms with Gasteiger partial charge in [-0.25, -0.2) is 0 Å². The molecule has 2 aromatic rings. The minimum absolute atomic E-state index is 0.428. The predicted molar refractivity (Wildman–Crippen MR) is 80.0 cm³/mol. The molecule has 0 aromatic heterocycles. The molecule has 2 N–H and O–H groups in total. The fraction of sp³-hybridized carbons (Fsp3) is 0.200. The van der Waals surface area contributed by atoms with Crippen LogP contribution in [0.15, 0.2) is 48.5 Å². The third kappa shape index (κ3) is 2.56. The van der Waals surface area contributed by atoms with Gasteiger partial charge in [-0.3, -0.25) is 0 Å². The van der Waals surface area contributed by atoms with E-state index in [0.29, 0.717) is 5.75 Å². The van der Waals surface area contributed by atoms with E-state index in [1.807, 2.05) is 43.3 Å². The zero-order chi connectivity index (χ0) is 13.2. The number of nitrogens with one attached hydrogen (secondary N) is 1. The van der Waals surface area contributed by atoms with E-state index in [1.54, 1.807) is 0 Å². The highest BCUT2D eigenvalue weighted by atomic mass is 28.3. The van der Waals surface area contributed by atoms with Crippen molar-refractivity contribution in [3.05, 3.63) is 54.1 Å². The van der Waals surface area contributed by atoms with E-state index in [0.717, 1.165) is 16.4 Å². The molecule has 2 nitrogen and oxygen atoms in total. The molecule has 0 aliphatic heterocycles. The highest BCUT2D eigenvalue weighted by molar-refractivity contribution is 6.92. The SMILES string of the molecule is Cc1cccc([Si](C)(C)Nc2ccccc2)c1O. The molecule has 0 spiro atoms. The van der Waals surface area contributed by atoms with E-state index in [-0.39, 0.29) is 0 Å². The van der Waals surface area contributed by atoms with Crippen molar-refractivity contribution in [3.8, 4) is 5.75 Å². The Labute approximate surface area is 109 Å². The van der Waals surface area contributed by atoms with Crippen molar-refractivity contribution >= 4 is 19.1 Å². The Kier molecular flexibility index (Phi) is 3.43. The number of aromatic hydroxyl groups is 1. The van der Waals surface area contributed by atoms with Gasteiger partial charge in [0.15, 0.2) is 8.24 Å². The Balaban J connectivity index is 2.33. The summed E-state index contributed by atoms with van der Waals surface area (Å²) in [5.74, 6) is 0.428. The molecule has 0 aliphatic rings. The van der Waals surface area contributed by atoms with Crippen LogP contribution in [0.1, 0.15) is 5.56 Å². The third-order valence-corrected chi connectivity index (χ3v) is 5.81. The zero-order valence-electron chi connectivity index (χ0n) is 11.1. The number of benzene rings is 2. The first-order valence-electron chi connectivity index (χ1n) is 6.13. The Morgan fingerprint density at radius 1 is 0.944 bits per heavy atom. The van der Waals surface area contributed by atoms with Crippen molar-refractivity contribution in [2.24, 2.45) is 0 Å². The maximum absolute atomic E-state index is 10.2. The monoisotopic (exact) mass is 257 g/mol. The van der Waals surface area contributed by atoms with E-state index in [2.05, 4.69) is 30.2 Å². The van der Waals surface area contributed by atoms with Crippen LogP contribution in [0.2, 0.25) is 13.1 Å². The number of hydrogen-bond acceptors (Lipinski definition) is 2. The number of aryl methyl sites for hydroxylation is 1. The molecule has 0 radical (unpaired) electrons. The molecule has 0 atom stereocenters. The van der Waals surface area contributed by atoms with Crippen LogP contribution in [0.4, 0.5) is 5.69 Å². The molecule has 0 bridgehead atoms. The van der Waals surface area contributed by atoms with Crippen molar-refractivity contribution in [3.63, 3.8) is 0 Å². The van der Waals surface area contributed by atoms with E-state index in [1.165, 1.54) is 0 Å². The molecule has 0 heterocycles. The van der Waals surface area contributed by atoms with Crippen LogP contribution in [-0.4, -0.2) is 13.3 Å². The first-order valence-corrected chi connectivity index (χ1v) is 9.13. The Morgan fingerprint density at radius 3 is 2.28 bits per heavy atom. The number of phenolic OH excluding ortho intramolecular Hbond substituents is 1. The molecule has 2 aromatic carbocycles. The predicted octanol–water partition coefficient (Wildman–Crippen LogP) is 3.22. The van der Waals surface area contributed by atoms with E-state index >= 15 is 0 Å². The minimum Gasteiger partial charge on any atom is -0.508 e. The van der Waals surface area contributed by atoms with Crippen LogP contribution in [0.25, 0.3) is 0 Å². The van der Waals surface area contributed by atoms with Gasteiger partial charge < -0.3 is 10.1 Å². The Hall–Kier alpha value is -1.74. The van der Waals surface area contributed by atoms with Gasteiger partial charge in [0, 0.05) is 10.9 Å². The van der Waals surface area contributed by atoms with Gasteiger partial charge in [-0.2, -0.15) is 0 Å². The zero-order valence-corrected chi connectivity index (χ0v) is 12.1. The fourth-order valence-electron chi connectivity index (χ4n) is 2.11. The maximum atomic E-state index is 10.2. The second kappa shape index (κ2) is 4.86.